The zero-order chi connectivity index (χ0) is 5.70. The molecule has 3 heteroatoms. The number of hydrogen-bond donors (Lipinski definition) is 0. The molecular weight excluding hydrogens is 203 g/mol. The topological polar surface area (TPSA) is 15.6 Å². The Morgan fingerprint density at radius 2 is 2.43 bits per heavy atom. The highest BCUT2D eigenvalue weighted by molar-refractivity contribution is 14.1. The summed E-state index contributed by atoms with van der Waals surface area (Å²) in [5, 5.41) is 0. The summed E-state index contributed by atoms with van der Waals surface area (Å²) in [4.78, 5) is 3.96. The highest BCUT2D eigenvalue weighted by Gasteiger charge is 1.73. The normalized spacial score (nSPS) is 10.1. The van der Waals surface area contributed by atoms with Crippen molar-refractivity contribution in [3.8, 4) is 0 Å². The summed E-state index contributed by atoms with van der Waals surface area (Å²) in [6.45, 7) is 2.88. The van der Waals surface area contributed by atoms with Crippen molar-refractivity contribution in [3.63, 3.8) is 0 Å². The number of rotatable bonds is 2. The van der Waals surface area contributed by atoms with Gasteiger partial charge in [0.15, 0.2) is 0 Å². The Hall–Kier alpha value is 0.200. The molecule has 0 fully saturated rings. The van der Waals surface area contributed by atoms with E-state index < -0.39 is 0 Å². The van der Waals surface area contributed by atoms with Crippen molar-refractivity contribution in [1.82, 2.24) is 3.11 Å². The smallest absolute Gasteiger partial charge is 0.0934 e. The SMILES string of the molecule is CC/N=C\N(C)I. The molecule has 0 spiro atoms. The van der Waals surface area contributed by atoms with Gasteiger partial charge in [0.2, 0.25) is 0 Å². The molecule has 0 rings (SSSR count). The molecule has 0 atom stereocenters. The van der Waals surface area contributed by atoms with Crippen LogP contribution in [0.1, 0.15) is 6.92 Å². The standard InChI is InChI=1S/C4H9IN2/c1-3-6-4-7(2)5/h4H,3H2,1-2H3/b6-4-. The van der Waals surface area contributed by atoms with Crippen molar-refractivity contribution in [2.75, 3.05) is 13.6 Å². The zero-order valence-corrected chi connectivity index (χ0v) is 6.71. The van der Waals surface area contributed by atoms with Crippen LogP contribution in [0.2, 0.25) is 0 Å². The number of halogens is 1. The van der Waals surface area contributed by atoms with Gasteiger partial charge < -0.3 is 3.11 Å². The monoisotopic (exact) mass is 212 g/mol. The van der Waals surface area contributed by atoms with Gasteiger partial charge in [-0.3, -0.25) is 4.99 Å². The second-order valence-electron chi connectivity index (χ2n) is 1.14. The quantitative estimate of drug-likeness (QED) is 0.291. The van der Waals surface area contributed by atoms with E-state index in [1.165, 1.54) is 0 Å². The molecule has 7 heavy (non-hydrogen) atoms. The van der Waals surface area contributed by atoms with E-state index in [9.17, 15) is 0 Å². The first-order valence-electron chi connectivity index (χ1n) is 2.16. The van der Waals surface area contributed by atoms with Gasteiger partial charge in [-0.2, -0.15) is 0 Å². The van der Waals surface area contributed by atoms with Crippen LogP contribution in [0.3, 0.4) is 0 Å². The van der Waals surface area contributed by atoms with Crippen LogP contribution in [0, 0.1) is 0 Å². The van der Waals surface area contributed by atoms with E-state index in [0.717, 1.165) is 6.54 Å². The maximum atomic E-state index is 3.96. The lowest BCUT2D eigenvalue weighted by molar-refractivity contribution is 0.919. The van der Waals surface area contributed by atoms with E-state index in [1.807, 2.05) is 17.1 Å². The van der Waals surface area contributed by atoms with Gasteiger partial charge in [0, 0.05) is 13.6 Å². The molecule has 0 aliphatic rings. The van der Waals surface area contributed by atoms with E-state index in [4.69, 9.17) is 0 Å². The van der Waals surface area contributed by atoms with E-state index in [-0.39, 0.29) is 0 Å². The van der Waals surface area contributed by atoms with Crippen molar-refractivity contribution in [2.24, 2.45) is 4.99 Å². The molecule has 0 saturated heterocycles. The summed E-state index contributed by atoms with van der Waals surface area (Å²) in [5.41, 5.74) is 0. The van der Waals surface area contributed by atoms with Gasteiger partial charge in [-0.25, -0.2) is 0 Å². The van der Waals surface area contributed by atoms with E-state index in [2.05, 4.69) is 27.9 Å². The third kappa shape index (κ3) is 6.20. The minimum atomic E-state index is 0.868. The second-order valence-corrected chi connectivity index (χ2v) is 2.66. The predicted octanol–water partition coefficient (Wildman–Crippen LogP) is 1.32. The fourth-order valence-corrected chi connectivity index (χ4v) is 0.370. The molecular formula is C4H9IN2. The highest BCUT2D eigenvalue weighted by atomic mass is 127. The summed E-state index contributed by atoms with van der Waals surface area (Å²) >= 11 is 2.15. The average molecular weight is 212 g/mol. The van der Waals surface area contributed by atoms with Gasteiger partial charge in [-0.05, 0) is 6.92 Å². The van der Waals surface area contributed by atoms with Crippen LogP contribution in [-0.2, 0) is 0 Å². The first-order chi connectivity index (χ1) is 3.27. The Morgan fingerprint density at radius 1 is 1.86 bits per heavy atom. The molecule has 0 aromatic rings. The number of aliphatic imine (C=N–C) groups is 1. The molecule has 0 amide bonds. The lowest BCUT2D eigenvalue weighted by Gasteiger charge is -1.96. The van der Waals surface area contributed by atoms with Gasteiger partial charge in [0.1, 0.15) is 0 Å². The van der Waals surface area contributed by atoms with Gasteiger partial charge >= 0.3 is 0 Å². The van der Waals surface area contributed by atoms with Crippen LogP contribution in [-0.4, -0.2) is 23.0 Å². The molecule has 42 valence electrons. The molecule has 0 aliphatic carbocycles. The second kappa shape index (κ2) is 4.36. The van der Waals surface area contributed by atoms with Gasteiger partial charge in [-0.1, -0.05) is 0 Å². The van der Waals surface area contributed by atoms with Crippen LogP contribution in [0.25, 0.3) is 0 Å². The molecule has 2 nitrogen and oxygen atoms in total. The lowest BCUT2D eigenvalue weighted by Crippen LogP contribution is -1.98. The van der Waals surface area contributed by atoms with Crippen LogP contribution >= 0.6 is 22.9 Å². The third-order valence-corrected chi connectivity index (χ3v) is 0.672. The molecule has 0 aromatic heterocycles. The minimum absolute atomic E-state index is 0.868. The van der Waals surface area contributed by atoms with E-state index in [0.29, 0.717) is 0 Å². The molecule has 0 aromatic carbocycles. The van der Waals surface area contributed by atoms with Crippen LogP contribution < -0.4 is 0 Å². The van der Waals surface area contributed by atoms with Gasteiger partial charge in [0.25, 0.3) is 0 Å². The maximum absolute atomic E-state index is 3.96. The summed E-state index contributed by atoms with van der Waals surface area (Å²) in [5.74, 6) is 0. The highest BCUT2D eigenvalue weighted by Crippen LogP contribution is 1.84. The van der Waals surface area contributed by atoms with Crippen molar-refractivity contribution in [3.05, 3.63) is 0 Å². The van der Waals surface area contributed by atoms with Crippen LogP contribution in [0.15, 0.2) is 4.99 Å². The summed E-state index contributed by atoms with van der Waals surface area (Å²) in [6.07, 6.45) is 1.79. The molecule has 0 radical (unpaired) electrons. The molecule has 0 N–H and O–H groups in total. The zero-order valence-electron chi connectivity index (χ0n) is 4.56. The van der Waals surface area contributed by atoms with E-state index in [1.54, 1.807) is 6.34 Å². The maximum Gasteiger partial charge on any atom is 0.0934 e. The average Bonchev–Trinajstić information content (AvgIpc) is 1.61. The Labute approximate surface area is 58.1 Å². The van der Waals surface area contributed by atoms with Crippen molar-refractivity contribution < 1.29 is 0 Å². The molecule has 0 aliphatic heterocycles. The summed E-state index contributed by atoms with van der Waals surface area (Å²) in [6, 6.07) is 0. The fraction of sp³-hybridized carbons (Fsp3) is 0.750. The van der Waals surface area contributed by atoms with E-state index >= 15 is 0 Å². The summed E-state index contributed by atoms with van der Waals surface area (Å²) in [7, 11) is 1.94. The Morgan fingerprint density at radius 3 is 2.57 bits per heavy atom. The minimum Gasteiger partial charge on any atom is -0.309 e. The summed E-state index contributed by atoms with van der Waals surface area (Å²) < 4.78 is 1.89. The molecule has 0 heterocycles. The van der Waals surface area contributed by atoms with Gasteiger partial charge in [-0.15, -0.1) is 0 Å². The largest absolute Gasteiger partial charge is 0.309 e. The Kier molecular flexibility index (Phi) is 4.49. The van der Waals surface area contributed by atoms with Crippen LogP contribution in [0.5, 0.6) is 0 Å². The van der Waals surface area contributed by atoms with Crippen molar-refractivity contribution >= 4 is 29.2 Å². The first kappa shape index (κ1) is 7.20. The Bertz CT molecular complexity index is 60.7. The Balaban J connectivity index is 3.08. The van der Waals surface area contributed by atoms with Crippen molar-refractivity contribution in [1.29, 1.82) is 0 Å². The molecule has 0 bridgehead atoms. The molecule has 0 saturated carbocycles. The van der Waals surface area contributed by atoms with Crippen LogP contribution in [0.4, 0.5) is 0 Å². The first-order valence-corrected chi connectivity index (χ1v) is 3.12. The number of hydrogen-bond acceptors (Lipinski definition) is 1. The predicted molar refractivity (Wildman–Crippen MR) is 40.8 cm³/mol. The number of nitrogens with zero attached hydrogens (tertiary/aromatic N) is 2. The fourth-order valence-electron chi connectivity index (χ4n) is 0.194. The lowest BCUT2D eigenvalue weighted by atomic mass is 10.8. The molecule has 0 unspecified atom stereocenters. The third-order valence-electron chi connectivity index (χ3n) is 0.423. The van der Waals surface area contributed by atoms with Crippen molar-refractivity contribution in [2.45, 2.75) is 6.92 Å². The van der Waals surface area contributed by atoms with Gasteiger partial charge in [0.05, 0.1) is 29.2 Å².